The first kappa shape index (κ1) is 20.6. The van der Waals surface area contributed by atoms with Gasteiger partial charge in [0.15, 0.2) is 0 Å². The molecule has 6 heteroatoms. The molecule has 1 heterocycles. The van der Waals surface area contributed by atoms with E-state index in [2.05, 4.69) is 41.5 Å². The molecule has 1 aromatic heterocycles. The van der Waals surface area contributed by atoms with Crippen molar-refractivity contribution >= 4 is 22.6 Å². The monoisotopic (exact) mass is 414 g/mol. The van der Waals surface area contributed by atoms with E-state index in [-0.39, 0.29) is 12.0 Å². The van der Waals surface area contributed by atoms with Crippen molar-refractivity contribution in [2.45, 2.75) is 39.7 Å². The fourth-order valence-corrected chi connectivity index (χ4v) is 3.18. The molecule has 0 spiro atoms. The third-order valence-electron chi connectivity index (χ3n) is 5.24. The lowest BCUT2D eigenvalue weighted by Crippen LogP contribution is -2.12. The molecule has 158 valence electrons. The Morgan fingerprint density at radius 1 is 0.968 bits per heavy atom. The lowest BCUT2D eigenvalue weighted by molar-refractivity contribution is 0.102. The number of fused-ring (bicyclic) bond motifs is 1. The van der Waals surface area contributed by atoms with E-state index < -0.39 is 0 Å². The zero-order chi connectivity index (χ0) is 21.8. The first-order valence-corrected chi connectivity index (χ1v) is 10.6. The summed E-state index contributed by atoms with van der Waals surface area (Å²) in [5.74, 6) is 0.577. The average Bonchev–Trinajstić information content (AvgIpc) is 3.23. The molecule has 31 heavy (non-hydrogen) atoms. The Morgan fingerprint density at radius 2 is 1.68 bits per heavy atom. The second kappa shape index (κ2) is 9.00. The predicted octanol–water partition coefficient (Wildman–Crippen LogP) is 5.41. The SMILES string of the molecule is CCc1ccc(-n2nc3ccc(NC(=O)c4ccc(OC(C)CC)cc4)cc3n2)cc1. The zero-order valence-electron chi connectivity index (χ0n) is 18.0. The smallest absolute Gasteiger partial charge is 0.255 e. The van der Waals surface area contributed by atoms with Crippen LogP contribution in [0.15, 0.2) is 66.7 Å². The number of benzene rings is 3. The highest BCUT2D eigenvalue weighted by atomic mass is 16.5. The highest BCUT2D eigenvalue weighted by Gasteiger charge is 2.10. The number of nitrogens with one attached hydrogen (secondary N) is 1. The standard InChI is InChI=1S/C25H26N4O2/c1-4-17(3)31-22-13-8-19(9-14-22)25(30)26-20-10-15-23-24(16-20)28-29(27-23)21-11-6-18(5-2)7-12-21/h6-17H,4-5H2,1-3H3,(H,26,30). The van der Waals surface area contributed by atoms with E-state index in [4.69, 9.17) is 4.74 Å². The van der Waals surface area contributed by atoms with Gasteiger partial charge in [0, 0.05) is 11.3 Å². The van der Waals surface area contributed by atoms with E-state index in [9.17, 15) is 4.79 Å². The summed E-state index contributed by atoms with van der Waals surface area (Å²) in [6.45, 7) is 6.22. The van der Waals surface area contributed by atoms with Gasteiger partial charge < -0.3 is 10.1 Å². The summed E-state index contributed by atoms with van der Waals surface area (Å²) in [7, 11) is 0. The highest BCUT2D eigenvalue weighted by Crippen LogP contribution is 2.20. The van der Waals surface area contributed by atoms with Crippen LogP contribution in [0.2, 0.25) is 0 Å². The Labute approximate surface area is 181 Å². The molecule has 0 aliphatic carbocycles. The number of aryl methyl sites for hydroxylation is 1. The van der Waals surface area contributed by atoms with Crippen LogP contribution in [0.3, 0.4) is 0 Å². The third kappa shape index (κ3) is 4.74. The minimum atomic E-state index is -0.183. The van der Waals surface area contributed by atoms with Crippen LogP contribution in [0.5, 0.6) is 5.75 Å². The molecule has 0 bridgehead atoms. The Bertz CT molecular complexity index is 1180. The summed E-state index contributed by atoms with van der Waals surface area (Å²) in [6.07, 6.45) is 2.06. The van der Waals surface area contributed by atoms with Gasteiger partial charge >= 0.3 is 0 Å². The largest absolute Gasteiger partial charge is 0.491 e. The molecule has 0 aliphatic rings. The number of carbonyl (C=O) groups is 1. The van der Waals surface area contributed by atoms with Gasteiger partial charge in [0.05, 0.1) is 11.8 Å². The molecule has 0 fully saturated rings. The van der Waals surface area contributed by atoms with E-state index in [0.29, 0.717) is 11.3 Å². The van der Waals surface area contributed by atoms with Crippen LogP contribution >= 0.6 is 0 Å². The van der Waals surface area contributed by atoms with Crippen molar-refractivity contribution in [1.29, 1.82) is 0 Å². The minimum Gasteiger partial charge on any atom is -0.491 e. The quantitative estimate of drug-likeness (QED) is 0.439. The van der Waals surface area contributed by atoms with Crippen LogP contribution < -0.4 is 10.1 Å². The fourth-order valence-electron chi connectivity index (χ4n) is 3.18. The van der Waals surface area contributed by atoms with Gasteiger partial charge in [-0.25, -0.2) is 0 Å². The number of amides is 1. The maximum absolute atomic E-state index is 12.6. The van der Waals surface area contributed by atoms with Crippen molar-refractivity contribution in [2.24, 2.45) is 0 Å². The molecule has 4 rings (SSSR count). The number of hydrogen-bond donors (Lipinski definition) is 1. The molecular formula is C25H26N4O2. The van der Waals surface area contributed by atoms with Crippen molar-refractivity contribution in [2.75, 3.05) is 5.32 Å². The van der Waals surface area contributed by atoms with Crippen LogP contribution in [0.25, 0.3) is 16.7 Å². The summed E-state index contributed by atoms with van der Waals surface area (Å²) in [5, 5.41) is 12.0. The number of nitrogens with zero attached hydrogens (tertiary/aromatic N) is 3. The van der Waals surface area contributed by atoms with Crippen molar-refractivity contribution in [1.82, 2.24) is 15.0 Å². The summed E-state index contributed by atoms with van der Waals surface area (Å²) in [4.78, 5) is 14.3. The van der Waals surface area contributed by atoms with Crippen LogP contribution in [-0.2, 0) is 6.42 Å². The number of ether oxygens (including phenoxy) is 1. The molecule has 1 atom stereocenters. The second-order valence-corrected chi connectivity index (χ2v) is 7.53. The van der Waals surface area contributed by atoms with Gasteiger partial charge in [0.2, 0.25) is 0 Å². The summed E-state index contributed by atoms with van der Waals surface area (Å²) in [5.41, 5.74) is 4.89. The third-order valence-corrected chi connectivity index (χ3v) is 5.24. The van der Waals surface area contributed by atoms with Crippen LogP contribution in [0.4, 0.5) is 5.69 Å². The number of carbonyl (C=O) groups excluding carboxylic acids is 1. The molecule has 0 aliphatic heterocycles. The topological polar surface area (TPSA) is 69.0 Å². The summed E-state index contributed by atoms with van der Waals surface area (Å²) < 4.78 is 5.77. The van der Waals surface area contributed by atoms with Crippen molar-refractivity contribution in [3.8, 4) is 11.4 Å². The fraction of sp³-hybridized carbons (Fsp3) is 0.240. The molecule has 4 aromatic rings. The Kier molecular flexibility index (Phi) is 5.98. The lowest BCUT2D eigenvalue weighted by atomic mass is 10.2. The molecular weight excluding hydrogens is 388 g/mol. The van der Waals surface area contributed by atoms with Gasteiger partial charge in [-0.15, -0.1) is 10.2 Å². The Hall–Kier alpha value is -3.67. The molecule has 6 nitrogen and oxygen atoms in total. The number of hydrogen-bond acceptors (Lipinski definition) is 4. The molecule has 0 saturated heterocycles. The van der Waals surface area contributed by atoms with E-state index in [1.807, 2.05) is 49.4 Å². The highest BCUT2D eigenvalue weighted by molar-refractivity contribution is 6.05. The van der Waals surface area contributed by atoms with Crippen molar-refractivity contribution in [3.63, 3.8) is 0 Å². The maximum Gasteiger partial charge on any atom is 0.255 e. The Balaban J connectivity index is 1.48. The number of aromatic nitrogens is 3. The summed E-state index contributed by atoms with van der Waals surface area (Å²) >= 11 is 0. The van der Waals surface area contributed by atoms with Gasteiger partial charge in [-0.3, -0.25) is 4.79 Å². The van der Waals surface area contributed by atoms with Gasteiger partial charge in [-0.05, 0) is 79.9 Å². The zero-order valence-corrected chi connectivity index (χ0v) is 18.0. The minimum absolute atomic E-state index is 0.143. The van der Waals surface area contributed by atoms with Gasteiger partial charge in [0.1, 0.15) is 16.8 Å². The van der Waals surface area contributed by atoms with E-state index in [0.717, 1.165) is 35.3 Å². The van der Waals surface area contributed by atoms with Crippen LogP contribution in [-0.4, -0.2) is 27.0 Å². The number of rotatable bonds is 7. The molecule has 1 amide bonds. The maximum atomic E-state index is 12.6. The first-order chi connectivity index (χ1) is 15.1. The number of anilines is 1. The predicted molar refractivity (Wildman–Crippen MR) is 123 cm³/mol. The van der Waals surface area contributed by atoms with Gasteiger partial charge in [0.25, 0.3) is 5.91 Å². The molecule has 1 N–H and O–H groups in total. The normalized spacial score (nSPS) is 12.0. The molecule has 0 saturated carbocycles. The van der Waals surface area contributed by atoms with Gasteiger partial charge in [-0.2, -0.15) is 4.80 Å². The van der Waals surface area contributed by atoms with Crippen molar-refractivity contribution in [3.05, 3.63) is 77.9 Å². The van der Waals surface area contributed by atoms with Crippen LogP contribution in [0.1, 0.15) is 43.1 Å². The summed E-state index contributed by atoms with van der Waals surface area (Å²) in [6, 6.07) is 20.9. The van der Waals surface area contributed by atoms with E-state index in [1.54, 1.807) is 16.9 Å². The molecule has 3 aromatic carbocycles. The first-order valence-electron chi connectivity index (χ1n) is 10.6. The lowest BCUT2D eigenvalue weighted by Gasteiger charge is -2.12. The van der Waals surface area contributed by atoms with Crippen molar-refractivity contribution < 1.29 is 9.53 Å². The molecule has 1 unspecified atom stereocenters. The average molecular weight is 415 g/mol. The Morgan fingerprint density at radius 3 is 2.35 bits per heavy atom. The van der Waals surface area contributed by atoms with E-state index >= 15 is 0 Å². The van der Waals surface area contributed by atoms with Crippen LogP contribution in [0, 0.1) is 0 Å². The molecule has 0 radical (unpaired) electrons. The van der Waals surface area contributed by atoms with E-state index in [1.165, 1.54) is 5.56 Å². The van der Waals surface area contributed by atoms with Gasteiger partial charge in [-0.1, -0.05) is 26.0 Å². The second-order valence-electron chi connectivity index (χ2n) is 7.53.